The quantitative estimate of drug-likeness (QED) is 0.490. The Morgan fingerprint density at radius 2 is 1.96 bits per heavy atom. The highest BCUT2D eigenvalue weighted by Crippen LogP contribution is 2.35. The number of fused-ring (bicyclic) bond motifs is 7. The number of pyridine rings is 1. The Hall–Kier alpha value is -2.81. The van der Waals surface area contributed by atoms with E-state index in [2.05, 4.69) is 58.1 Å². The molecule has 0 saturated heterocycles. The summed E-state index contributed by atoms with van der Waals surface area (Å²) in [4.78, 5) is 12.3. The molecule has 0 atom stereocenters. The number of benzene rings is 1. The SMILES string of the molecule is C=CCn1c2ccccc2c2ccn3c4c(cc3c21)C(=O)CCC4. The van der Waals surface area contributed by atoms with Crippen LogP contribution in [0.15, 0.2) is 55.3 Å². The molecule has 0 spiro atoms. The smallest absolute Gasteiger partial charge is 0.164 e. The second-order valence-corrected chi connectivity index (χ2v) is 6.53. The first kappa shape index (κ1) is 13.6. The van der Waals surface area contributed by atoms with Crippen molar-refractivity contribution < 1.29 is 4.79 Å². The van der Waals surface area contributed by atoms with E-state index >= 15 is 0 Å². The zero-order valence-electron chi connectivity index (χ0n) is 13.5. The molecule has 3 nitrogen and oxygen atoms in total. The molecule has 3 aromatic heterocycles. The number of hydrogen-bond acceptors (Lipinski definition) is 1. The standard InChI is InChI=1S/C21H18N2O/c1-2-11-23-17-7-4-3-6-14(17)15-10-12-22-18-8-5-9-20(24)16(18)13-19(22)21(15)23/h2-4,6-7,10,12-13H,1,5,8-9,11H2. The molecule has 5 rings (SSSR count). The van der Waals surface area contributed by atoms with Gasteiger partial charge < -0.3 is 8.97 Å². The number of carbonyl (C=O) groups is 1. The average molecular weight is 314 g/mol. The van der Waals surface area contributed by atoms with Crippen LogP contribution in [0.3, 0.4) is 0 Å². The molecule has 0 unspecified atom stereocenters. The lowest BCUT2D eigenvalue weighted by Crippen LogP contribution is -2.10. The van der Waals surface area contributed by atoms with E-state index in [1.807, 2.05) is 6.08 Å². The molecule has 0 fully saturated rings. The minimum Gasteiger partial charge on any atom is -0.335 e. The molecule has 1 aliphatic rings. The topological polar surface area (TPSA) is 26.4 Å². The minimum atomic E-state index is 0.277. The molecule has 3 heteroatoms. The van der Waals surface area contributed by atoms with E-state index in [1.165, 1.54) is 27.5 Å². The lowest BCUT2D eigenvalue weighted by atomic mass is 9.97. The summed E-state index contributed by atoms with van der Waals surface area (Å²) in [6, 6.07) is 12.8. The Labute approximate surface area is 139 Å². The molecule has 24 heavy (non-hydrogen) atoms. The summed E-state index contributed by atoms with van der Waals surface area (Å²) >= 11 is 0. The number of Topliss-reactive ketones (excluding diaryl/α,β-unsaturated/α-hetero) is 1. The molecular formula is C21H18N2O. The molecule has 1 aromatic carbocycles. The van der Waals surface area contributed by atoms with E-state index in [-0.39, 0.29) is 5.78 Å². The number of hydrogen-bond donors (Lipinski definition) is 0. The van der Waals surface area contributed by atoms with E-state index < -0.39 is 0 Å². The van der Waals surface area contributed by atoms with Gasteiger partial charge in [-0.3, -0.25) is 4.79 Å². The van der Waals surface area contributed by atoms with Crippen molar-refractivity contribution in [2.45, 2.75) is 25.8 Å². The fraction of sp³-hybridized carbons (Fsp3) is 0.190. The van der Waals surface area contributed by atoms with Crippen molar-refractivity contribution in [3.05, 3.63) is 66.5 Å². The Morgan fingerprint density at radius 1 is 1.08 bits per heavy atom. The maximum absolute atomic E-state index is 12.3. The van der Waals surface area contributed by atoms with Gasteiger partial charge in [0.05, 0.1) is 11.0 Å². The summed E-state index contributed by atoms with van der Waals surface area (Å²) in [6.45, 7) is 4.68. The van der Waals surface area contributed by atoms with Crippen LogP contribution in [0, 0.1) is 0 Å². The highest BCUT2D eigenvalue weighted by Gasteiger charge is 2.23. The van der Waals surface area contributed by atoms with Crippen molar-refractivity contribution in [3.8, 4) is 0 Å². The van der Waals surface area contributed by atoms with Crippen LogP contribution in [-0.2, 0) is 13.0 Å². The van der Waals surface area contributed by atoms with Crippen LogP contribution in [0.4, 0.5) is 0 Å². The first-order chi connectivity index (χ1) is 11.8. The number of nitrogens with zero attached hydrogens (tertiary/aromatic N) is 2. The molecule has 4 aromatic rings. The van der Waals surface area contributed by atoms with Gasteiger partial charge in [0.2, 0.25) is 0 Å². The van der Waals surface area contributed by atoms with Crippen molar-refractivity contribution in [1.29, 1.82) is 0 Å². The summed E-state index contributed by atoms with van der Waals surface area (Å²) in [7, 11) is 0. The number of rotatable bonds is 2. The number of carbonyl (C=O) groups excluding carboxylic acids is 1. The molecule has 0 bridgehead atoms. The molecule has 0 aliphatic heterocycles. The fourth-order valence-electron chi connectivity index (χ4n) is 4.21. The van der Waals surface area contributed by atoms with Crippen molar-refractivity contribution in [1.82, 2.24) is 8.97 Å². The molecule has 1 aliphatic carbocycles. The van der Waals surface area contributed by atoms with Crippen LogP contribution in [0.2, 0.25) is 0 Å². The lowest BCUT2D eigenvalue weighted by molar-refractivity contribution is 0.0972. The van der Waals surface area contributed by atoms with E-state index in [9.17, 15) is 4.79 Å². The Bertz CT molecular complexity index is 1140. The summed E-state index contributed by atoms with van der Waals surface area (Å²) in [5, 5.41) is 2.49. The zero-order chi connectivity index (χ0) is 16.3. The van der Waals surface area contributed by atoms with Gasteiger partial charge >= 0.3 is 0 Å². The molecule has 118 valence electrons. The monoisotopic (exact) mass is 314 g/mol. The third kappa shape index (κ3) is 1.64. The Morgan fingerprint density at radius 3 is 2.83 bits per heavy atom. The van der Waals surface area contributed by atoms with Crippen LogP contribution in [-0.4, -0.2) is 14.8 Å². The largest absolute Gasteiger partial charge is 0.335 e. The van der Waals surface area contributed by atoms with Gasteiger partial charge in [0.1, 0.15) is 0 Å². The maximum atomic E-state index is 12.3. The zero-order valence-corrected chi connectivity index (χ0v) is 13.5. The summed E-state index contributed by atoms with van der Waals surface area (Å²) in [5.74, 6) is 0.277. The second kappa shape index (κ2) is 4.84. The van der Waals surface area contributed by atoms with E-state index in [1.54, 1.807) is 0 Å². The average Bonchev–Trinajstić information content (AvgIpc) is 3.13. The van der Waals surface area contributed by atoms with Gasteiger partial charge in [0.15, 0.2) is 5.78 Å². The molecule has 0 amide bonds. The van der Waals surface area contributed by atoms with Gasteiger partial charge in [-0.2, -0.15) is 0 Å². The van der Waals surface area contributed by atoms with Crippen LogP contribution >= 0.6 is 0 Å². The van der Waals surface area contributed by atoms with Gasteiger partial charge in [0, 0.05) is 46.7 Å². The third-order valence-corrected chi connectivity index (χ3v) is 5.21. The van der Waals surface area contributed by atoms with E-state index in [0.29, 0.717) is 6.42 Å². The van der Waals surface area contributed by atoms with Gasteiger partial charge in [0.25, 0.3) is 0 Å². The van der Waals surface area contributed by atoms with Gasteiger partial charge in [-0.1, -0.05) is 24.3 Å². The molecular weight excluding hydrogens is 296 g/mol. The van der Waals surface area contributed by atoms with Gasteiger partial charge in [-0.25, -0.2) is 0 Å². The fourth-order valence-corrected chi connectivity index (χ4v) is 4.21. The normalized spacial score (nSPS) is 14.6. The van der Waals surface area contributed by atoms with E-state index in [4.69, 9.17) is 0 Å². The number of aromatic nitrogens is 2. The van der Waals surface area contributed by atoms with Crippen LogP contribution in [0.25, 0.3) is 27.3 Å². The predicted octanol–water partition coefficient (Wildman–Crippen LogP) is 4.75. The van der Waals surface area contributed by atoms with E-state index in [0.717, 1.165) is 30.5 Å². The van der Waals surface area contributed by atoms with Crippen molar-refractivity contribution >= 4 is 33.1 Å². The van der Waals surface area contributed by atoms with Crippen molar-refractivity contribution in [2.24, 2.45) is 0 Å². The van der Waals surface area contributed by atoms with Crippen LogP contribution in [0.5, 0.6) is 0 Å². The number of para-hydroxylation sites is 1. The van der Waals surface area contributed by atoms with Gasteiger partial charge in [-0.15, -0.1) is 6.58 Å². The summed E-state index contributed by atoms with van der Waals surface area (Å²) in [5.41, 5.74) is 5.61. The first-order valence-electron chi connectivity index (χ1n) is 8.47. The molecule has 0 radical (unpaired) electrons. The summed E-state index contributed by atoms with van der Waals surface area (Å²) in [6.07, 6.45) is 6.65. The number of allylic oxidation sites excluding steroid dienone is 1. The van der Waals surface area contributed by atoms with Crippen LogP contribution < -0.4 is 0 Å². The van der Waals surface area contributed by atoms with Gasteiger partial charge in [-0.05, 0) is 31.0 Å². The Balaban J connectivity index is 2.00. The van der Waals surface area contributed by atoms with Crippen molar-refractivity contribution in [2.75, 3.05) is 0 Å². The third-order valence-electron chi connectivity index (χ3n) is 5.21. The Kier molecular flexibility index (Phi) is 2.75. The molecule has 3 heterocycles. The maximum Gasteiger partial charge on any atom is 0.164 e. The number of aryl methyl sites for hydroxylation is 1. The summed E-state index contributed by atoms with van der Waals surface area (Å²) < 4.78 is 4.52. The highest BCUT2D eigenvalue weighted by molar-refractivity contribution is 6.14. The van der Waals surface area contributed by atoms with Crippen LogP contribution in [0.1, 0.15) is 28.9 Å². The predicted molar refractivity (Wildman–Crippen MR) is 97.9 cm³/mol. The first-order valence-corrected chi connectivity index (χ1v) is 8.47. The number of ketones is 1. The minimum absolute atomic E-state index is 0.277. The van der Waals surface area contributed by atoms with Crippen molar-refractivity contribution in [3.63, 3.8) is 0 Å². The lowest BCUT2D eigenvalue weighted by Gasteiger charge is -2.11. The second-order valence-electron chi connectivity index (χ2n) is 6.53. The highest BCUT2D eigenvalue weighted by atomic mass is 16.1. The molecule has 0 N–H and O–H groups in total. The molecule has 0 saturated carbocycles.